The fraction of sp³-hybridized carbons (Fsp3) is 0.0513. The summed E-state index contributed by atoms with van der Waals surface area (Å²) in [7, 11) is 0. The van der Waals surface area contributed by atoms with Crippen molar-refractivity contribution in [1.82, 2.24) is 15.0 Å². The molecule has 200 valence electrons. The van der Waals surface area contributed by atoms with E-state index in [1.54, 1.807) is 0 Å². The van der Waals surface area contributed by atoms with Gasteiger partial charge in [-0.05, 0) is 64.4 Å². The van der Waals surface area contributed by atoms with Crippen molar-refractivity contribution in [2.75, 3.05) is 0 Å². The standard InChI is InChI=1S/C39H29N3/c1-4-13-28(14-5-1)31-19-10-22-34(25-31)37-40-38(35-23-11-20-32(26-35)29-15-6-2-7-16-29)42-39(41-37)36-24-12-21-33(27-36)30-17-8-3-9-18-30/h1-2,4-8,10-27H,3,9H2. The van der Waals surface area contributed by atoms with E-state index >= 15 is 0 Å². The third-order valence-corrected chi connectivity index (χ3v) is 7.54. The zero-order chi connectivity index (χ0) is 28.1. The third-order valence-electron chi connectivity index (χ3n) is 7.54. The summed E-state index contributed by atoms with van der Waals surface area (Å²) in [5.41, 5.74) is 9.85. The van der Waals surface area contributed by atoms with Crippen LogP contribution in [0.1, 0.15) is 18.4 Å². The quantitative estimate of drug-likeness (QED) is 0.211. The molecule has 0 saturated carbocycles. The van der Waals surface area contributed by atoms with Crippen molar-refractivity contribution in [3.05, 3.63) is 157 Å². The Morgan fingerprint density at radius 2 is 0.762 bits per heavy atom. The van der Waals surface area contributed by atoms with Gasteiger partial charge >= 0.3 is 0 Å². The van der Waals surface area contributed by atoms with Gasteiger partial charge in [0.25, 0.3) is 0 Å². The molecule has 7 rings (SSSR count). The maximum Gasteiger partial charge on any atom is 0.164 e. The van der Waals surface area contributed by atoms with E-state index in [4.69, 9.17) is 15.0 Å². The summed E-state index contributed by atoms with van der Waals surface area (Å²) in [6.45, 7) is 0. The molecule has 0 atom stereocenters. The van der Waals surface area contributed by atoms with Gasteiger partial charge in [0.05, 0.1) is 0 Å². The highest BCUT2D eigenvalue weighted by Gasteiger charge is 2.14. The molecule has 6 aromatic rings. The maximum atomic E-state index is 5.04. The van der Waals surface area contributed by atoms with Gasteiger partial charge in [-0.1, -0.05) is 133 Å². The van der Waals surface area contributed by atoms with Crippen molar-refractivity contribution >= 4 is 5.57 Å². The van der Waals surface area contributed by atoms with Gasteiger partial charge in [0.1, 0.15) is 0 Å². The Balaban J connectivity index is 1.37. The van der Waals surface area contributed by atoms with Crippen LogP contribution in [0.5, 0.6) is 0 Å². The van der Waals surface area contributed by atoms with Crippen LogP contribution in [0.4, 0.5) is 0 Å². The minimum atomic E-state index is 0.653. The van der Waals surface area contributed by atoms with Gasteiger partial charge in [-0.15, -0.1) is 0 Å². The molecule has 1 aromatic heterocycles. The normalized spacial score (nSPS) is 12.6. The first kappa shape index (κ1) is 25.6. The van der Waals surface area contributed by atoms with Crippen molar-refractivity contribution in [2.24, 2.45) is 0 Å². The lowest BCUT2D eigenvalue weighted by Crippen LogP contribution is -2.01. The molecule has 0 radical (unpaired) electrons. The van der Waals surface area contributed by atoms with Gasteiger partial charge in [-0.25, -0.2) is 15.0 Å². The Morgan fingerprint density at radius 3 is 1.21 bits per heavy atom. The highest BCUT2D eigenvalue weighted by molar-refractivity contribution is 5.79. The zero-order valence-electron chi connectivity index (χ0n) is 23.2. The average molecular weight is 540 g/mol. The van der Waals surface area contributed by atoms with E-state index in [-0.39, 0.29) is 0 Å². The fourth-order valence-electron chi connectivity index (χ4n) is 5.37. The summed E-state index contributed by atoms with van der Waals surface area (Å²) in [5, 5.41) is 0. The van der Waals surface area contributed by atoms with Gasteiger partial charge in [-0.2, -0.15) is 0 Å². The molecular formula is C39H29N3. The molecule has 5 aromatic carbocycles. The van der Waals surface area contributed by atoms with Crippen LogP contribution in [0.2, 0.25) is 0 Å². The Kier molecular flexibility index (Phi) is 7.06. The molecule has 0 saturated heterocycles. The number of rotatable bonds is 6. The van der Waals surface area contributed by atoms with Crippen LogP contribution in [0.3, 0.4) is 0 Å². The summed E-state index contributed by atoms with van der Waals surface area (Å²) < 4.78 is 0. The predicted molar refractivity (Wildman–Crippen MR) is 173 cm³/mol. The van der Waals surface area contributed by atoms with E-state index in [0.29, 0.717) is 17.5 Å². The van der Waals surface area contributed by atoms with Crippen LogP contribution in [0, 0.1) is 0 Å². The lowest BCUT2D eigenvalue weighted by molar-refractivity contribution is 1.04. The first-order chi connectivity index (χ1) is 20.8. The van der Waals surface area contributed by atoms with E-state index in [1.165, 1.54) is 11.1 Å². The molecule has 1 aliphatic rings. The zero-order valence-corrected chi connectivity index (χ0v) is 23.2. The number of nitrogens with zero attached hydrogens (tertiary/aromatic N) is 3. The summed E-state index contributed by atoms with van der Waals surface area (Å²) in [6.07, 6.45) is 8.89. The van der Waals surface area contributed by atoms with Crippen LogP contribution >= 0.6 is 0 Å². The molecular weight excluding hydrogens is 510 g/mol. The summed E-state index contributed by atoms with van der Waals surface area (Å²) in [5.74, 6) is 1.97. The smallest absolute Gasteiger partial charge is 0.164 e. The first-order valence-corrected chi connectivity index (χ1v) is 14.4. The Bertz CT molecular complexity index is 1820. The number of hydrogen-bond donors (Lipinski definition) is 0. The van der Waals surface area contributed by atoms with Crippen LogP contribution in [0.25, 0.3) is 62.0 Å². The first-order valence-electron chi connectivity index (χ1n) is 14.4. The molecule has 0 fully saturated rings. The van der Waals surface area contributed by atoms with Crippen LogP contribution in [-0.2, 0) is 0 Å². The van der Waals surface area contributed by atoms with E-state index in [9.17, 15) is 0 Å². The fourth-order valence-corrected chi connectivity index (χ4v) is 5.37. The van der Waals surface area contributed by atoms with Crippen LogP contribution < -0.4 is 0 Å². The van der Waals surface area contributed by atoms with Crippen molar-refractivity contribution in [1.29, 1.82) is 0 Å². The molecule has 0 spiro atoms. The number of allylic oxidation sites excluding steroid dienone is 4. The van der Waals surface area contributed by atoms with Gasteiger partial charge in [0.2, 0.25) is 0 Å². The minimum Gasteiger partial charge on any atom is -0.208 e. The molecule has 1 heterocycles. The molecule has 3 nitrogen and oxygen atoms in total. The SMILES string of the molecule is C1=CC(c2cccc(-c3nc(-c4cccc(-c5ccccc5)c4)nc(-c4cccc(-c5ccccc5)c4)n3)c2)=CCC1. The Hall–Kier alpha value is -5.41. The lowest BCUT2D eigenvalue weighted by atomic mass is 9.98. The highest BCUT2D eigenvalue weighted by atomic mass is 15.0. The highest BCUT2D eigenvalue weighted by Crippen LogP contribution is 2.31. The Labute approximate surface area is 246 Å². The van der Waals surface area contributed by atoms with Crippen LogP contribution in [0.15, 0.2) is 152 Å². The largest absolute Gasteiger partial charge is 0.208 e. The van der Waals surface area contributed by atoms with Gasteiger partial charge in [0.15, 0.2) is 17.5 Å². The second-order valence-electron chi connectivity index (χ2n) is 10.4. The maximum absolute atomic E-state index is 5.04. The number of aromatic nitrogens is 3. The second kappa shape index (κ2) is 11.6. The summed E-state index contributed by atoms with van der Waals surface area (Å²) in [4.78, 5) is 15.1. The third kappa shape index (κ3) is 5.45. The monoisotopic (exact) mass is 539 g/mol. The lowest BCUT2D eigenvalue weighted by Gasteiger charge is -2.12. The van der Waals surface area contributed by atoms with Crippen molar-refractivity contribution in [3.8, 4) is 56.4 Å². The predicted octanol–water partition coefficient (Wildman–Crippen LogP) is 9.94. The molecule has 1 aliphatic carbocycles. The molecule has 42 heavy (non-hydrogen) atoms. The molecule has 3 heteroatoms. The average Bonchev–Trinajstić information content (AvgIpc) is 3.09. The van der Waals surface area contributed by atoms with E-state index < -0.39 is 0 Å². The summed E-state index contributed by atoms with van der Waals surface area (Å²) in [6, 6.07) is 46.2. The van der Waals surface area contributed by atoms with Gasteiger partial charge < -0.3 is 0 Å². The Morgan fingerprint density at radius 1 is 0.357 bits per heavy atom. The van der Waals surface area contributed by atoms with Crippen LogP contribution in [-0.4, -0.2) is 15.0 Å². The second-order valence-corrected chi connectivity index (χ2v) is 10.4. The van der Waals surface area contributed by atoms with E-state index in [0.717, 1.165) is 51.8 Å². The number of hydrogen-bond acceptors (Lipinski definition) is 3. The molecule has 0 aliphatic heterocycles. The van der Waals surface area contributed by atoms with Crippen molar-refractivity contribution < 1.29 is 0 Å². The van der Waals surface area contributed by atoms with Crippen molar-refractivity contribution in [3.63, 3.8) is 0 Å². The molecule has 0 N–H and O–H groups in total. The van der Waals surface area contributed by atoms with Gasteiger partial charge in [0, 0.05) is 16.7 Å². The topological polar surface area (TPSA) is 38.7 Å². The molecule has 0 bridgehead atoms. The molecule has 0 unspecified atom stereocenters. The summed E-state index contributed by atoms with van der Waals surface area (Å²) >= 11 is 0. The van der Waals surface area contributed by atoms with Gasteiger partial charge in [-0.3, -0.25) is 0 Å². The van der Waals surface area contributed by atoms with Crippen molar-refractivity contribution in [2.45, 2.75) is 12.8 Å². The minimum absolute atomic E-state index is 0.653. The number of benzene rings is 5. The van der Waals surface area contributed by atoms with E-state index in [1.807, 2.05) is 12.1 Å². The molecule has 0 amide bonds. The van der Waals surface area contributed by atoms with E-state index in [2.05, 4.69) is 140 Å².